The molecule has 2 N–H and O–H groups in total. The fourth-order valence-corrected chi connectivity index (χ4v) is 8.43. The summed E-state index contributed by atoms with van der Waals surface area (Å²) in [5, 5.41) is 3.97. The van der Waals surface area contributed by atoms with Gasteiger partial charge in [0.15, 0.2) is 0 Å². The van der Waals surface area contributed by atoms with Crippen LogP contribution in [0.25, 0.3) is 0 Å². The Hall–Kier alpha value is 0.680. The Morgan fingerprint density at radius 3 is 0.893 bits per heavy atom. The molecular weight excluding hydrogens is 381 g/mol. The van der Waals surface area contributed by atoms with Gasteiger partial charge in [-0.3, -0.25) is 0 Å². The zero-order valence-electron chi connectivity index (χ0n) is 20.3. The Labute approximate surface area is 185 Å². The first kappa shape index (κ1) is 30.9. The van der Waals surface area contributed by atoms with Gasteiger partial charge in [-0.05, 0) is 11.8 Å². The minimum atomic E-state index is -0.955. The summed E-state index contributed by atoms with van der Waals surface area (Å²) in [4.78, 5) is 0. The molecule has 0 saturated carbocycles. The second-order valence-electron chi connectivity index (χ2n) is 9.36. The maximum Gasteiger partial charge on any atom is -0.0285 e. The van der Waals surface area contributed by atoms with E-state index in [-0.39, 0.29) is 0 Å². The Morgan fingerprint density at radius 2 is 0.643 bits per heavy atom. The number of rotatable bonds is 21. The van der Waals surface area contributed by atoms with E-state index >= 15 is 0 Å². The van der Waals surface area contributed by atoms with Gasteiger partial charge in [-0.25, -0.2) is 5.25 Å². The van der Waals surface area contributed by atoms with E-state index in [1.807, 2.05) is 0 Å². The van der Waals surface area contributed by atoms with E-state index < -0.39 is 7.26 Å². The van der Waals surface area contributed by atoms with E-state index in [0.29, 0.717) is 0 Å². The molecule has 0 aromatic carbocycles. The fourth-order valence-electron chi connectivity index (χ4n) is 4.37. The van der Waals surface area contributed by atoms with Crippen LogP contribution in [0.4, 0.5) is 0 Å². The molecule has 0 heterocycles. The van der Waals surface area contributed by atoms with E-state index in [1.165, 1.54) is 116 Å². The van der Waals surface area contributed by atoms with Crippen molar-refractivity contribution in [3.8, 4) is 0 Å². The maximum atomic E-state index is 4.14. The summed E-state index contributed by atoms with van der Waals surface area (Å²) in [6.45, 7) is 9.73. The Bertz CT molecular complexity index is 232. The summed E-state index contributed by atoms with van der Waals surface area (Å²) in [6, 6.07) is 0. The first-order valence-corrected chi connectivity index (χ1v) is 16.5. The van der Waals surface area contributed by atoms with Gasteiger partial charge in [-0.2, -0.15) is 0 Å². The van der Waals surface area contributed by atoms with E-state index in [2.05, 4.69) is 44.5 Å². The zero-order chi connectivity index (χ0) is 21.3. The van der Waals surface area contributed by atoms with Crippen molar-refractivity contribution in [2.45, 2.75) is 136 Å². The van der Waals surface area contributed by atoms with Crippen LogP contribution in [0.2, 0.25) is 0 Å². The molecule has 0 unspecified atom stereocenters. The van der Waals surface area contributed by atoms with Gasteiger partial charge in [0, 0.05) is 0 Å². The van der Waals surface area contributed by atoms with Crippen molar-refractivity contribution >= 4 is 19.0 Å². The Kier molecular flexibility index (Phi) is 28.4. The number of hydrogen-bond acceptors (Lipinski definition) is 1. The molecule has 0 saturated heterocycles. The minimum Gasteiger partial charge on any atom is -0.247 e. The molecule has 0 aromatic heterocycles. The van der Waals surface area contributed by atoms with Crippen LogP contribution in [0.5, 0.6) is 0 Å². The second-order valence-corrected chi connectivity index (χ2v) is 14.5. The van der Waals surface area contributed by atoms with Crippen molar-refractivity contribution in [1.29, 1.82) is 0 Å². The van der Waals surface area contributed by atoms with Gasteiger partial charge in [-0.1, -0.05) is 0 Å². The largest absolute Gasteiger partial charge is 0.247 e. The number of halogens is 1. The standard InChI is InChI=1S/C25H55P.ClH2N/c1-5-8-11-14-17-20-23-26(4,24-21-18-15-12-9-6-2)25-22-19-16-13-10-7-3;1-2/h26H,5-25H2,1-4H3;2H2. The monoisotopic (exact) mass is 437 g/mol. The molecule has 0 spiro atoms. The van der Waals surface area contributed by atoms with Crippen molar-refractivity contribution in [3.05, 3.63) is 0 Å². The first-order chi connectivity index (χ1) is 13.7. The molecule has 0 aliphatic rings. The number of nitrogens with two attached hydrogens (primary N) is 1. The molecule has 0 fully saturated rings. The van der Waals surface area contributed by atoms with Gasteiger partial charge in [0.05, 0.1) is 0 Å². The van der Waals surface area contributed by atoms with Crippen LogP contribution >= 0.6 is 19.0 Å². The zero-order valence-corrected chi connectivity index (χ0v) is 22.1. The molecule has 0 aromatic rings. The summed E-state index contributed by atoms with van der Waals surface area (Å²) in [5.74, 6) is 0. The van der Waals surface area contributed by atoms with Crippen molar-refractivity contribution in [2.24, 2.45) is 5.25 Å². The molecule has 3 heteroatoms. The normalized spacial score (nSPS) is 11.9. The second kappa shape index (κ2) is 25.7. The van der Waals surface area contributed by atoms with Crippen LogP contribution in [0, 0.1) is 0 Å². The summed E-state index contributed by atoms with van der Waals surface area (Å²) < 4.78 is 0. The van der Waals surface area contributed by atoms with Gasteiger partial charge in [0.25, 0.3) is 0 Å². The number of unbranched alkanes of at least 4 members (excludes halogenated alkanes) is 15. The third kappa shape index (κ3) is 23.0. The third-order valence-corrected chi connectivity index (χ3v) is 11.1. The Balaban J connectivity index is 0. The SMILES string of the molecule is CCCCCCCC[PH](C)(CCCCCCCC)CCCCCCCC.NCl. The fraction of sp³-hybridized carbons (Fsp3) is 1.00. The van der Waals surface area contributed by atoms with E-state index in [1.54, 1.807) is 18.5 Å². The van der Waals surface area contributed by atoms with E-state index in [4.69, 9.17) is 0 Å². The van der Waals surface area contributed by atoms with Crippen LogP contribution in [0.15, 0.2) is 0 Å². The van der Waals surface area contributed by atoms with Gasteiger partial charge < -0.3 is 0 Å². The summed E-state index contributed by atoms with van der Waals surface area (Å²) in [6.07, 6.45) is 31.4. The molecule has 174 valence electrons. The molecule has 0 aliphatic heterocycles. The molecule has 0 rings (SSSR count). The van der Waals surface area contributed by atoms with Crippen LogP contribution in [0.3, 0.4) is 0 Å². The first-order valence-electron chi connectivity index (χ1n) is 12.9. The molecule has 0 bridgehead atoms. The third-order valence-electron chi connectivity index (χ3n) is 6.40. The maximum absolute atomic E-state index is 4.14. The molecule has 0 radical (unpaired) electrons. The van der Waals surface area contributed by atoms with Gasteiger partial charge in [-0.15, -0.1) is 0 Å². The predicted octanol–water partition coefficient (Wildman–Crippen LogP) is 9.55. The van der Waals surface area contributed by atoms with Crippen LogP contribution in [-0.2, 0) is 0 Å². The molecule has 0 atom stereocenters. The average molecular weight is 438 g/mol. The minimum absolute atomic E-state index is 0.955. The summed E-state index contributed by atoms with van der Waals surface area (Å²) in [5.41, 5.74) is 0. The van der Waals surface area contributed by atoms with E-state index in [9.17, 15) is 0 Å². The summed E-state index contributed by atoms with van der Waals surface area (Å²) in [7, 11) is -0.955. The summed E-state index contributed by atoms with van der Waals surface area (Å²) >= 11 is 4.14. The van der Waals surface area contributed by atoms with Crippen LogP contribution < -0.4 is 5.25 Å². The van der Waals surface area contributed by atoms with Gasteiger partial charge in [0.1, 0.15) is 0 Å². The Morgan fingerprint density at radius 1 is 0.429 bits per heavy atom. The molecule has 0 amide bonds. The number of hydrogen-bond donors (Lipinski definition) is 1. The van der Waals surface area contributed by atoms with Gasteiger partial charge in [0.2, 0.25) is 0 Å². The molecule has 0 aliphatic carbocycles. The average Bonchev–Trinajstić information content (AvgIpc) is 2.71. The topological polar surface area (TPSA) is 26.0 Å². The molecular formula is C25H57ClNP. The van der Waals surface area contributed by atoms with Crippen LogP contribution in [-0.4, -0.2) is 25.2 Å². The van der Waals surface area contributed by atoms with Crippen molar-refractivity contribution in [2.75, 3.05) is 25.2 Å². The smallest absolute Gasteiger partial charge is 0.0285 e. The van der Waals surface area contributed by atoms with Crippen molar-refractivity contribution in [1.82, 2.24) is 0 Å². The predicted molar refractivity (Wildman–Crippen MR) is 139 cm³/mol. The molecule has 28 heavy (non-hydrogen) atoms. The van der Waals surface area contributed by atoms with Crippen LogP contribution in [0.1, 0.15) is 136 Å². The van der Waals surface area contributed by atoms with Crippen molar-refractivity contribution in [3.63, 3.8) is 0 Å². The molecule has 1 nitrogen and oxygen atoms in total. The van der Waals surface area contributed by atoms with Crippen molar-refractivity contribution < 1.29 is 0 Å². The van der Waals surface area contributed by atoms with E-state index in [0.717, 1.165) is 0 Å². The van der Waals surface area contributed by atoms with Gasteiger partial charge >= 0.3 is 169 Å². The quantitative estimate of drug-likeness (QED) is 0.108.